The number of benzene rings is 2. The molecule has 1 amide bonds. The third kappa shape index (κ3) is 5.45. The van der Waals surface area contributed by atoms with Crippen LogP contribution in [0.15, 0.2) is 42.5 Å². The Labute approximate surface area is 163 Å². The van der Waals surface area contributed by atoms with Crippen molar-refractivity contribution in [3.05, 3.63) is 57.2 Å². The molecular formula is C18H16INO6. The monoisotopic (exact) mass is 469 g/mol. The van der Waals surface area contributed by atoms with E-state index in [2.05, 4.69) is 37.4 Å². The Morgan fingerprint density at radius 1 is 0.923 bits per heavy atom. The zero-order chi connectivity index (χ0) is 19.1. The van der Waals surface area contributed by atoms with Gasteiger partial charge in [0.1, 0.15) is 5.75 Å². The van der Waals surface area contributed by atoms with Crippen molar-refractivity contribution in [2.75, 3.05) is 26.1 Å². The number of nitrogens with one attached hydrogen (secondary N) is 1. The first-order chi connectivity index (χ1) is 12.4. The normalized spacial score (nSPS) is 9.96. The molecule has 2 aromatic carbocycles. The molecule has 0 saturated heterocycles. The van der Waals surface area contributed by atoms with Crippen molar-refractivity contribution in [3.8, 4) is 5.75 Å². The molecule has 0 bridgehead atoms. The lowest BCUT2D eigenvalue weighted by molar-refractivity contribution is -0.118. The highest BCUT2D eigenvalue weighted by Gasteiger charge is 2.15. The van der Waals surface area contributed by atoms with Gasteiger partial charge in [0.15, 0.2) is 6.61 Å². The summed E-state index contributed by atoms with van der Waals surface area (Å²) in [6.07, 6.45) is 0. The summed E-state index contributed by atoms with van der Waals surface area (Å²) in [5, 5.41) is 2.58. The summed E-state index contributed by atoms with van der Waals surface area (Å²) < 4.78 is 15.7. The molecule has 0 aliphatic rings. The van der Waals surface area contributed by atoms with Gasteiger partial charge in [-0.1, -0.05) is 0 Å². The van der Waals surface area contributed by atoms with Crippen molar-refractivity contribution in [1.29, 1.82) is 0 Å². The van der Waals surface area contributed by atoms with Crippen LogP contribution < -0.4 is 10.1 Å². The summed E-state index contributed by atoms with van der Waals surface area (Å²) in [6, 6.07) is 11.4. The van der Waals surface area contributed by atoms with Crippen LogP contribution in [0.3, 0.4) is 0 Å². The highest BCUT2D eigenvalue weighted by Crippen LogP contribution is 2.18. The van der Waals surface area contributed by atoms with Gasteiger partial charge in [0.2, 0.25) is 0 Å². The van der Waals surface area contributed by atoms with E-state index in [1.165, 1.54) is 32.4 Å². The quantitative estimate of drug-likeness (QED) is 0.517. The maximum Gasteiger partial charge on any atom is 0.337 e. The number of halogens is 1. The molecule has 136 valence electrons. The van der Waals surface area contributed by atoms with E-state index in [0.29, 0.717) is 5.75 Å². The van der Waals surface area contributed by atoms with Gasteiger partial charge in [-0.3, -0.25) is 4.79 Å². The van der Waals surface area contributed by atoms with E-state index in [1.54, 1.807) is 12.1 Å². The Balaban J connectivity index is 2.11. The van der Waals surface area contributed by atoms with E-state index in [1.807, 2.05) is 12.1 Å². The van der Waals surface area contributed by atoms with Gasteiger partial charge in [0, 0.05) is 9.26 Å². The van der Waals surface area contributed by atoms with E-state index < -0.39 is 17.8 Å². The molecule has 0 atom stereocenters. The Hall–Kier alpha value is -2.62. The zero-order valence-electron chi connectivity index (χ0n) is 14.1. The molecule has 2 aromatic rings. The summed E-state index contributed by atoms with van der Waals surface area (Å²) in [5.74, 6) is -1.16. The zero-order valence-corrected chi connectivity index (χ0v) is 16.2. The van der Waals surface area contributed by atoms with Crippen LogP contribution in [0.4, 0.5) is 5.69 Å². The van der Waals surface area contributed by atoms with Gasteiger partial charge in [-0.15, -0.1) is 0 Å². The van der Waals surface area contributed by atoms with Crippen molar-refractivity contribution in [1.82, 2.24) is 0 Å². The first-order valence-electron chi connectivity index (χ1n) is 7.43. The molecule has 0 radical (unpaired) electrons. The first-order valence-corrected chi connectivity index (χ1v) is 8.50. The topological polar surface area (TPSA) is 90.9 Å². The molecule has 0 aliphatic heterocycles. The van der Waals surface area contributed by atoms with E-state index in [9.17, 15) is 14.4 Å². The third-order valence-corrected chi connectivity index (χ3v) is 3.96. The molecule has 0 saturated carbocycles. The largest absolute Gasteiger partial charge is 0.484 e. The Bertz CT molecular complexity index is 785. The van der Waals surface area contributed by atoms with Crippen molar-refractivity contribution in [2.45, 2.75) is 0 Å². The third-order valence-electron chi connectivity index (χ3n) is 3.24. The Kier molecular flexibility index (Phi) is 6.96. The minimum atomic E-state index is -0.638. The van der Waals surface area contributed by atoms with Gasteiger partial charge >= 0.3 is 11.9 Å². The molecular weight excluding hydrogens is 453 g/mol. The van der Waals surface area contributed by atoms with Gasteiger partial charge in [-0.05, 0) is 65.1 Å². The van der Waals surface area contributed by atoms with Gasteiger partial charge in [0.05, 0.1) is 25.3 Å². The molecule has 0 fully saturated rings. The molecule has 0 spiro atoms. The lowest BCUT2D eigenvalue weighted by Crippen LogP contribution is -2.21. The molecule has 7 nitrogen and oxygen atoms in total. The lowest BCUT2D eigenvalue weighted by Gasteiger charge is -2.10. The first kappa shape index (κ1) is 19.7. The van der Waals surface area contributed by atoms with Crippen LogP contribution in [0.5, 0.6) is 5.75 Å². The van der Waals surface area contributed by atoms with Crippen LogP contribution in [0.1, 0.15) is 20.7 Å². The summed E-state index contributed by atoms with van der Waals surface area (Å²) in [5.41, 5.74) is 0.484. The summed E-state index contributed by atoms with van der Waals surface area (Å²) in [7, 11) is 2.44. The van der Waals surface area contributed by atoms with Crippen LogP contribution >= 0.6 is 22.6 Å². The maximum atomic E-state index is 12.1. The summed E-state index contributed by atoms with van der Waals surface area (Å²) in [4.78, 5) is 35.6. The van der Waals surface area contributed by atoms with Crippen LogP contribution in [-0.2, 0) is 14.3 Å². The average Bonchev–Trinajstić information content (AvgIpc) is 2.65. The highest BCUT2D eigenvalue weighted by atomic mass is 127. The maximum absolute atomic E-state index is 12.1. The smallest absolute Gasteiger partial charge is 0.337 e. The van der Waals surface area contributed by atoms with E-state index in [0.717, 1.165) is 3.57 Å². The van der Waals surface area contributed by atoms with Crippen LogP contribution in [0.25, 0.3) is 0 Å². The molecule has 0 heterocycles. The van der Waals surface area contributed by atoms with Gasteiger partial charge < -0.3 is 19.5 Å². The number of carbonyl (C=O) groups is 3. The molecule has 2 rings (SSSR count). The highest BCUT2D eigenvalue weighted by molar-refractivity contribution is 14.1. The van der Waals surface area contributed by atoms with Crippen molar-refractivity contribution in [3.63, 3.8) is 0 Å². The standard InChI is InChI=1S/C18H16INO6/c1-24-17(22)11-7-12(18(23)25-2)9-14(8-11)20-16(21)10-26-15-5-3-13(19)4-6-15/h3-9H,10H2,1-2H3,(H,20,21). The average molecular weight is 469 g/mol. The van der Waals surface area contributed by atoms with E-state index in [-0.39, 0.29) is 23.4 Å². The van der Waals surface area contributed by atoms with Gasteiger partial charge in [-0.2, -0.15) is 0 Å². The summed E-state index contributed by atoms with van der Waals surface area (Å²) >= 11 is 2.17. The molecule has 0 unspecified atom stereocenters. The van der Waals surface area contributed by atoms with Gasteiger partial charge in [-0.25, -0.2) is 9.59 Å². The second-order valence-corrected chi connectivity index (χ2v) is 6.32. The second kappa shape index (κ2) is 9.18. The number of anilines is 1. The fourth-order valence-corrected chi connectivity index (χ4v) is 2.41. The number of amides is 1. The van der Waals surface area contributed by atoms with Crippen molar-refractivity contribution >= 4 is 46.1 Å². The molecule has 1 N–H and O–H groups in total. The van der Waals surface area contributed by atoms with Crippen molar-refractivity contribution < 1.29 is 28.6 Å². The summed E-state index contributed by atoms with van der Waals surface area (Å²) in [6.45, 7) is -0.226. The molecule has 0 aliphatic carbocycles. The predicted octanol–water partition coefficient (Wildman–Crippen LogP) is 2.88. The number of rotatable bonds is 6. The number of ether oxygens (including phenoxy) is 3. The van der Waals surface area contributed by atoms with Crippen molar-refractivity contribution in [2.24, 2.45) is 0 Å². The fourth-order valence-electron chi connectivity index (χ4n) is 2.05. The minimum absolute atomic E-state index is 0.115. The lowest BCUT2D eigenvalue weighted by atomic mass is 10.1. The number of esters is 2. The van der Waals surface area contributed by atoms with Crippen LogP contribution in [-0.4, -0.2) is 38.7 Å². The minimum Gasteiger partial charge on any atom is -0.484 e. The number of methoxy groups -OCH3 is 2. The number of hydrogen-bond acceptors (Lipinski definition) is 6. The Morgan fingerprint density at radius 3 is 1.96 bits per heavy atom. The molecule has 8 heteroatoms. The second-order valence-electron chi connectivity index (χ2n) is 5.07. The van der Waals surface area contributed by atoms with E-state index >= 15 is 0 Å². The Morgan fingerprint density at radius 2 is 1.46 bits per heavy atom. The van der Waals surface area contributed by atoms with E-state index in [4.69, 9.17) is 4.74 Å². The fraction of sp³-hybridized carbons (Fsp3) is 0.167. The van der Waals surface area contributed by atoms with Crippen LogP contribution in [0, 0.1) is 3.57 Å². The molecule has 26 heavy (non-hydrogen) atoms. The van der Waals surface area contributed by atoms with Gasteiger partial charge in [0.25, 0.3) is 5.91 Å². The number of carbonyl (C=O) groups excluding carboxylic acids is 3. The van der Waals surface area contributed by atoms with Crippen LogP contribution in [0.2, 0.25) is 0 Å². The molecule has 0 aromatic heterocycles. The number of hydrogen-bond donors (Lipinski definition) is 1. The SMILES string of the molecule is COC(=O)c1cc(NC(=O)COc2ccc(I)cc2)cc(C(=O)OC)c1. The predicted molar refractivity (Wildman–Crippen MR) is 102 cm³/mol.